The fraction of sp³-hybridized carbons (Fsp3) is 0.900. The second kappa shape index (κ2) is 12.9. The lowest BCUT2D eigenvalue weighted by Gasteiger charge is -2.30. The fourth-order valence-electron chi connectivity index (χ4n) is 3.16. The molecule has 0 aliphatic heterocycles. The molecule has 0 bridgehead atoms. The fourth-order valence-corrected chi connectivity index (χ4v) is 3.16. The average Bonchev–Trinajstić information content (AvgIpc) is 2.59. The maximum absolute atomic E-state index is 12.3. The van der Waals surface area contributed by atoms with Crippen LogP contribution in [0.5, 0.6) is 0 Å². The zero-order valence-corrected chi connectivity index (χ0v) is 17.8. The molecule has 4 N–H and O–H groups in total. The minimum Gasteiger partial charge on any atom is -0.389 e. The first-order valence-electron chi connectivity index (χ1n) is 10.4. The van der Waals surface area contributed by atoms with Crippen LogP contribution in [0.25, 0.3) is 0 Å². The predicted molar refractivity (Wildman–Crippen MR) is 110 cm³/mol. The highest BCUT2D eigenvalue weighted by atomic mass is 16.5. The predicted octanol–water partition coefficient (Wildman–Crippen LogP) is 1.66. The number of ether oxygens (including phenoxy) is 1. The van der Waals surface area contributed by atoms with Crippen LogP contribution in [-0.2, 0) is 9.53 Å². The molecule has 0 saturated heterocycles. The lowest BCUT2D eigenvalue weighted by molar-refractivity contribution is -0.126. The van der Waals surface area contributed by atoms with E-state index < -0.39 is 6.10 Å². The van der Waals surface area contributed by atoms with Crippen molar-refractivity contribution < 1.29 is 14.6 Å². The molecule has 158 valence electrons. The molecule has 3 atom stereocenters. The molecule has 0 spiro atoms. The zero-order chi connectivity index (χ0) is 20.2. The largest absolute Gasteiger partial charge is 0.389 e. The Morgan fingerprint density at radius 3 is 2.59 bits per heavy atom. The van der Waals surface area contributed by atoms with Gasteiger partial charge in [0.2, 0.25) is 5.91 Å². The van der Waals surface area contributed by atoms with Gasteiger partial charge in [-0.1, -0.05) is 20.3 Å². The summed E-state index contributed by atoms with van der Waals surface area (Å²) in [4.78, 5) is 16.8. The minimum absolute atomic E-state index is 0.0524. The van der Waals surface area contributed by atoms with Crippen molar-refractivity contribution in [2.75, 3.05) is 26.3 Å². The smallest absolute Gasteiger partial charge is 0.223 e. The van der Waals surface area contributed by atoms with Crippen LogP contribution in [-0.4, -0.2) is 61.5 Å². The normalized spacial score (nSPS) is 22.0. The Hall–Kier alpha value is -1.34. The number of guanidine groups is 1. The third kappa shape index (κ3) is 10.5. The van der Waals surface area contributed by atoms with Crippen molar-refractivity contribution in [3.8, 4) is 0 Å². The van der Waals surface area contributed by atoms with Crippen LogP contribution in [0.3, 0.4) is 0 Å². The monoisotopic (exact) mass is 384 g/mol. The molecule has 7 nitrogen and oxygen atoms in total. The Labute approximate surface area is 164 Å². The van der Waals surface area contributed by atoms with E-state index in [1.807, 2.05) is 20.8 Å². The molecule has 1 amide bonds. The van der Waals surface area contributed by atoms with E-state index in [9.17, 15) is 9.90 Å². The standard InChI is InChI=1S/C20H40N4O3/c1-6-21-20(22-11-18(25)13-27-12-14(2)3)24-17-9-7-8-16(10-17)19(26)23-15(4)5/h14-18,25H,6-13H2,1-5H3,(H,23,26)(H2,21,22,24). The average molecular weight is 385 g/mol. The third-order valence-electron chi connectivity index (χ3n) is 4.38. The van der Waals surface area contributed by atoms with Gasteiger partial charge in [-0.2, -0.15) is 0 Å². The summed E-state index contributed by atoms with van der Waals surface area (Å²) in [6.07, 6.45) is 3.18. The van der Waals surface area contributed by atoms with Crippen LogP contribution in [0, 0.1) is 11.8 Å². The Morgan fingerprint density at radius 1 is 1.22 bits per heavy atom. The highest BCUT2D eigenvalue weighted by Gasteiger charge is 2.28. The van der Waals surface area contributed by atoms with Crippen LogP contribution in [0.2, 0.25) is 0 Å². The quantitative estimate of drug-likeness (QED) is 0.339. The number of carbonyl (C=O) groups excluding carboxylic acids is 1. The molecule has 27 heavy (non-hydrogen) atoms. The van der Waals surface area contributed by atoms with Gasteiger partial charge in [0.05, 0.1) is 19.3 Å². The number of hydrogen-bond acceptors (Lipinski definition) is 4. The van der Waals surface area contributed by atoms with Gasteiger partial charge in [-0.05, 0) is 46.0 Å². The van der Waals surface area contributed by atoms with Crippen molar-refractivity contribution in [3.05, 3.63) is 0 Å². The van der Waals surface area contributed by atoms with Gasteiger partial charge in [0.25, 0.3) is 0 Å². The van der Waals surface area contributed by atoms with Crippen LogP contribution < -0.4 is 16.0 Å². The van der Waals surface area contributed by atoms with Crippen molar-refractivity contribution >= 4 is 11.9 Å². The molecular weight excluding hydrogens is 344 g/mol. The summed E-state index contributed by atoms with van der Waals surface area (Å²) in [6.45, 7) is 12.1. The Morgan fingerprint density at radius 2 is 1.96 bits per heavy atom. The summed E-state index contributed by atoms with van der Waals surface area (Å²) < 4.78 is 5.47. The van der Waals surface area contributed by atoms with Gasteiger partial charge in [0, 0.05) is 31.2 Å². The number of aliphatic imine (C=N–C) groups is 1. The van der Waals surface area contributed by atoms with E-state index in [0.717, 1.165) is 32.2 Å². The van der Waals surface area contributed by atoms with Crippen molar-refractivity contribution in [2.45, 2.75) is 78.5 Å². The SMILES string of the molecule is CCNC(=NCC(O)COCC(C)C)NC1CCCC(C(=O)NC(C)C)C1. The van der Waals surface area contributed by atoms with E-state index in [1.54, 1.807) is 0 Å². The Bertz CT molecular complexity index is 455. The van der Waals surface area contributed by atoms with Crippen LogP contribution in [0.1, 0.15) is 60.3 Å². The van der Waals surface area contributed by atoms with Crippen LogP contribution >= 0.6 is 0 Å². The van der Waals surface area contributed by atoms with Crippen LogP contribution in [0.4, 0.5) is 0 Å². The van der Waals surface area contributed by atoms with Crippen molar-refractivity contribution in [1.29, 1.82) is 0 Å². The molecule has 0 aromatic heterocycles. The van der Waals surface area contributed by atoms with Gasteiger partial charge in [-0.15, -0.1) is 0 Å². The molecule has 3 unspecified atom stereocenters. The van der Waals surface area contributed by atoms with E-state index in [0.29, 0.717) is 25.1 Å². The van der Waals surface area contributed by atoms with E-state index in [2.05, 4.69) is 34.8 Å². The van der Waals surface area contributed by atoms with E-state index in [-0.39, 0.29) is 30.5 Å². The van der Waals surface area contributed by atoms with Crippen molar-refractivity contribution in [3.63, 3.8) is 0 Å². The van der Waals surface area contributed by atoms with Crippen molar-refractivity contribution in [2.24, 2.45) is 16.8 Å². The number of aliphatic hydroxyl groups is 1. The highest BCUT2D eigenvalue weighted by Crippen LogP contribution is 2.24. The summed E-state index contributed by atoms with van der Waals surface area (Å²) in [5, 5.41) is 19.7. The van der Waals surface area contributed by atoms with E-state index >= 15 is 0 Å². The topological polar surface area (TPSA) is 95.0 Å². The first-order chi connectivity index (χ1) is 12.8. The number of amides is 1. The van der Waals surface area contributed by atoms with Crippen molar-refractivity contribution in [1.82, 2.24) is 16.0 Å². The Kier molecular flexibility index (Phi) is 11.4. The minimum atomic E-state index is -0.616. The van der Waals surface area contributed by atoms with Gasteiger partial charge in [0.15, 0.2) is 5.96 Å². The second-order valence-corrected chi connectivity index (χ2v) is 8.17. The summed E-state index contributed by atoms with van der Waals surface area (Å²) in [6, 6.07) is 0.387. The maximum Gasteiger partial charge on any atom is 0.223 e. The highest BCUT2D eigenvalue weighted by molar-refractivity contribution is 5.81. The number of aliphatic hydroxyl groups excluding tert-OH is 1. The Balaban J connectivity index is 2.50. The van der Waals surface area contributed by atoms with E-state index in [1.165, 1.54) is 0 Å². The molecular formula is C20H40N4O3. The summed E-state index contributed by atoms with van der Waals surface area (Å²) in [7, 11) is 0. The number of nitrogens with one attached hydrogen (secondary N) is 3. The summed E-state index contributed by atoms with van der Waals surface area (Å²) >= 11 is 0. The molecule has 7 heteroatoms. The van der Waals surface area contributed by atoms with Gasteiger partial charge in [0.1, 0.15) is 0 Å². The van der Waals surface area contributed by atoms with Crippen LogP contribution in [0.15, 0.2) is 4.99 Å². The lowest BCUT2D eigenvalue weighted by Crippen LogP contribution is -2.47. The molecule has 1 aliphatic carbocycles. The first-order valence-corrected chi connectivity index (χ1v) is 10.4. The first kappa shape index (κ1) is 23.7. The summed E-state index contributed by atoms with van der Waals surface area (Å²) in [5.41, 5.74) is 0. The molecule has 1 rings (SSSR count). The van der Waals surface area contributed by atoms with E-state index in [4.69, 9.17) is 4.74 Å². The number of rotatable bonds is 10. The molecule has 0 radical (unpaired) electrons. The molecule has 0 heterocycles. The number of carbonyl (C=O) groups is 1. The third-order valence-corrected chi connectivity index (χ3v) is 4.38. The number of nitrogens with zero attached hydrogens (tertiary/aromatic N) is 1. The van der Waals surface area contributed by atoms with Gasteiger partial charge < -0.3 is 25.8 Å². The number of hydrogen-bond donors (Lipinski definition) is 4. The maximum atomic E-state index is 12.3. The van der Waals surface area contributed by atoms with Gasteiger partial charge >= 0.3 is 0 Å². The summed E-state index contributed by atoms with van der Waals surface area (Å²) in [5.74, 6) is 1.34. The van der Waals surface area contributed by atoms with Gasteiger partial charge in [-0.3, -0.25) is 9.79 Å². The molecule has 1 fully saturated rings. The molecule has 0 aromatic rings. The molecule has 1 aliphatic rings. The van der Waals surface area contributed by atoms with Gasteiger partial charge in [-0.25, -0.2) is 0 Å². The second-order valence-electron chi connectivity index (χ2n) is 8.17. The molecule has 0 aromatic carbocycles. The zero-order valence-electron chi connectivity index (χ0n) is 17.8. The molecule has 1 saturated carbocycles. The lowest BCUT2D eigenvalue weighted by atomic mass is 9.85.